The van der Waals surface area contributed by atoms with Crippen LogP contribution in [-0.2, 0) is 6.42 Å². The third-order valence-corrected chi connectivity index (χ3v) is 10.1. The first-order chi connectivity index (χ1) is 23.1. The summed E-state index contributed by atoms with van der Waals surface area (Å²) in [6.07, 6.45) is 5.07. The summed E-state index contributed by atoms with van der Waals surface area (Å²) in [4.78, 5) is 15.0. The Morgan fingerprint density at radius 3 is 2.56 bits per heavy atom. The molecule has 1 fully saturated rings. The molecule has 6 rings (SSSR count). The molecule has 48 heavy (non-hydrogen) atoms. The number of hydrogen-bond acceptors (Lipinski definition) is 8. The molecule has 4 bridgehead atoms. The van der Waals surface area contributed by atoms with Crippen LogP contribution in [0.2, 0.25) is 0 Å². The van der Waals surface area contributed by atoms with Crippen molar-refractivity contribution >= 4 is 23.6 Å². The molecule has 1 saturated heterocycles. The number of nitrogens with zero attached hydrogens (tertiary/aromatic N) is 6. The number of alkyl halides is 3. The number of ether oxygens (including phenoxy) is 1. The maximum Gasteiger partial charge on any atom is 0.397 e. The Bertz CT molecular complexity index is 1680. The van der Waals surface area contributed by atoms with Gasteiger partial charge in [-0.25, -0.2) is 14.6 Å². The summed E-state index contributed by atoms with van der Waals surface area (Å²) in [6.45, 7) is 4.81. The standard InChI is InChI=1S/C36H44F3N7OS/c1-35(2,36(37,38)39)25-47-32-20-23-46(42-32)29-18-19-30-40-34(29)28-15-8-7-13-26(28)12-6-4-5-9-22-45(24-27-14-11-21-44(27)3)31-16-10-17-33(41-31)48-43-30/h7-8,10,13,15-20,23,27H,4-6,9,11-12,14,21-22,24-25H2,1-3H3,(H,40,43). The second-order valence-corrected chi connectivity index (χ2v) is 14.2. The number of benzene rings is 1. The SMILES string of the molecule is CN1CCCC1CN1CCCCCCc2ccccc2-c2nc(ccc2-n2ccc(OCC(C)(C)C(F)(F)F)n2)NSc2cccc1n2. The summed E-state index contributed by atoms with van der Waals surface area (Å²) in [5, 5.41) is 5.35. The van der Waals surface area contributed by atoms with Crippen molar-refractivity contribution in [3.8, 4) is 22.8 Å². The molecule has 0 saturated carbocycles. The van der Waals surface area contributed by atoms with Crippen LogP contribution < -0.4 is 14.4 Å². The lowest BCUT2D eigenvalue weighted by atomic mass is 9.94. The van der Waals surface area contributed by atoms with Gasteiger partial charge in [0.15, 0.2) is 0 Å². The molecule has 8 nitrogen and oxygen atoms in total. The molecule has 2 aliphatic rings. The van der Waals surface area contributed by atoms with Crippen LogP contribution in [0.1, 0.15) is 57.9 Å². The minimum absolute atomic E-state index is 0.120. The van der Waals surface area contributed by atoms with E-state index in [2.05, 4.69) is 57.0 Å². The molecule has 0 radical (unpaired) electrons. The highest BCUT2D eigenvalue weighted by atomic mass is 32.2. The summed E-state index contributed by atoms with van der Waals surface area (Å²) in [5.74, 6) is 1.78. The Morgan fingerprint density at radius 2 is 1.75 bits per heavy atom. The van der Waals surface area contributed by atoms with E-state index in [0.29, 0.717) is 17.5 Å². The van der Waals surface area contributed by atoms with Crippen LogP contribution in [0.25, 0.3) is 16.9 Å². The van der Waals surface area contributed by atoms with Gasteiger partial charge in [0.05, 0.1) is 16.8 Å². The first-order valence-electron chi connectivity index (χ1n) is 16.8. The number of aryl methyl sites for hydroxylation is 1. The molecule has 3 aromatic heterocycles. The van der Waals surface area contributed by atoms with Crippen LogP contribution in [-0.4, -0.2) is 70.2 Å². The molecule has 0 aliphatic carbocycles. The maximum absolute atomic E-state index is 13.4. The van der Waals surface area contributed by atoms with Crippen molar-refractivity contribution in [2.24, 2.45) is 5.41 Å². The van der Waals surface area contributed by atoms with Gasteiger partial charge in [0.25, 0.3) is 0 Å². The maximum atomic E-state index is 13.4. The van der Waals surface area contributed by atoms with Gasteiger partial charge in [0, 0.05) is 48.9 Å². The quantitative estimate of drug-likeness (QED) is 0.204. The summed E-state index contributed by atoms with van der Waals surface area (Å²) in [5.41, 5.74) is 1.60. The number of rotatable bonds is 6. The Morgan fingerprint density at radius 1 is 0.917 bits per heavy atom. The van der Waals surface area contributed by atoms with Crippen LogP contribution in [0.5, 0.6) is 5.88 Å². The highest BCUT2D eigenvalue weighted by Crippen LogP contribution is 2.38. The number of aromatic nitrogens is 4. The van der Waals surface area contributed by atoms with E-state index in [1.807, 2.05) is 24.3 Å². The summed E-state index contributed by atoms with van der Waals surface area (Å²) >= 11 is 1.42. The first kappa shape index (κ1) is 34.1. The van der Waals surface area contributed by atoms with E-state index in [1.165, 1.54) is 30.4 Å². The van der Waals surface area contributed by atoms with Crippen molar-refractivity contribution in [3.63, 3.8) is 0 Å². The number of hydrogen-bond donors (Lipinski definition) is 1. The molecule has 0 amide bonds. The van der Waals surface area contributed by atoms with Crippen LogP contribution in [0.15, 0.2) is 71.9 Å². The van der Waals surface area contributed by atoms with E-state index in [0.717, 1.165) is 87.7 Å². The van der Waals surface area contributed by atoms with Gasteiger partial charge in [-0.1, -0.05) is 43.2 Å². The normalized spacial score (nSPS) is 18.2. The minimum atomic E-state index is -4.39. The monoisotopic (exact) mass is 679 g/mol. The predicted octanol–water partition coefficient (Wildman–Crippen LogP) is 8.43. The highest BCUT2D eigenvalue weighted by Gasteiger charge is 2.48. The van der Waals surface area contributed by atoms with Crippen molar-refractivity contribution in [1.82, 2.24) is 24.6 Å². The second kappa shape index (κ2) is 14.8. The Hall–Kier alpha value is -3.77. The van der Waals surface area contributed by atoms with Gasteiger partial charge >= 0.3 is 6.18 Å². The topological polar surface area (TPSA) is 71.3 Å². The Balaban J connectivity index is 1.29. The number of pyridine rings is 2. The fourth-order valence-corrected chi connectivity index (χ4v) is 6.80. The molecular formula is C36H44F3N7OS. The lowest BCUT2D eigenvalue weighted by Gasteiger charge is -2.30. The lowest BCUT2D eigenvalue weighted by molar-refractivity contribution is -0.219. The molecule has 1 unspecified atom stereocenters. The van der Waals surface area contributed by atoms with Crippen LogP contribution in [0.3, 0.4) is 0 Å². The molecule has 256 valence electrons. The summed E-state index contributed by atoms with van der Waals surface area (Å²) in [6, 6.07) is 20.4. The van der Waals surface area contributed by atoms with E-state index in [1.54, 1.807) is 16.9 Å². The zero-order chi connectivity index (χ0) is 33.7. The largest absolute Gasteiger partial charge is 0.476 e. The molecular weight excluding hydrogens is 636 g/mol. The summed E-state index contributed by atoms with van der Waals surface area (Å²) < 4.78 is 50.8. The smallest absolute Gasteiger partial charge is 0.397 e. The first-order valence-corrected chi connectivity index (χ1v) is 17.6. The van der Waals surface area contributed by atoms with Crippen molar-refractivity contribution in [1.29, 1.82) is 0 Å². The predicted molar refractivity (Wildman–Crippen MR) is 186 cm³/mol. The van der Waals surface area contributed by atoms with E-state index >= 15 is 0 Å². The van der Waals surface area contributed by atoms with Gasteiger partial charge < -0.3 is 19.3 Å². The van der Waals surface area contributed by atoms with Gasteiger partial charge in [-0.3, -0.25) is 0 Å². The van der Waals surface area contributed by atoms with E-state index < -0.39 is 18.2 Å². The third-order valence-electron chi connectivity index (χ3n) is 9.33. The van der Waals surface area contributed by atoms with Crippen LogP contribution >= 0.6 is 11.9 Å². The van der Waals surface area contributed by atoms with Gasteiger partial charge in [0.1, 0.15) is 23.3 Å². The van der Waals surface area contributed by atoms with Crippen molar-refractivity contribution in [2.45, 2.75) is 76.0 Å². The van der Waals surface area contributed by atoms with Crippen LogP contribution in [0, 0.1) is 5.41 Å². The van der Waals surface area contributed by atoms with Crippen molar-refractivity contribution in [3.05, 3.63) is 72.4 Å². The second-order valence-electron chi connectivity index (χ2n) is 13.4. The lowest BCUT2D eigenvalue weighted by Crippen LogP contribution is -2.39. The van der Waals surface area contributed by atoms with E-state index in [-0.39, 0.29) is 5.88 Å². The number of halogens is 3. The average molecular weight is 680 g/mol. The molecule has 0 spiro atoms. The Labute approximate surface area is 285 Å². The average Bonchev–Trinajstić information content (AvgIpc) is 3.72. The van der Waals surface area contributed by atoms with Gasteiger partial charge in [-0.2, -0.15) is 13.2 Å². The van der Waals surface area contributed by atoms with Gasteiger partial charge in [0.2, 0.25) is 5.88 Å². The van der Waals surface area contributed by atoms with Crippen molar-refractivity contribution in [2.75, 3.05) is 42.9 Å². The minimum Gasteiger partial charge on any atom is -0.476 e. The number of nitrogens with one attached hydrogen (secondary N) is 1. The third kappa shape index (κ3) is 8.08. The number of anilines is 2. The molecule has 4 aromatic rings. The number of likely N-dealkylation sites (N-methyl/N-ethyl adjacent to an activating group) is 1. The molecule has 5 heterocycles. The van der Waals surface area contributed by atoms with E-state index in [9.17, 15) is 13.2 Å². The number of likely N-dealkylation sites (tertiary alicyclic amines) is 1. The fourth-order valence-electron chi connectivity index (χ4n) is 6.19. The molecule has 1 N–H and O–H groups in total. The summed E-state index contributed by atoms with van der Waals surface area (Å²) in [7, 11) is 2.23. The molecule has 2 aliphatic heterocycles. The fraction of sp³-hybridized carbons (Fsp3) is 0.472. The van der Waals surface area contributed by atoms with Crippen LogP contribution in [0.4, 0.5) is 24.8 Å². The molecule has 1 aromatic carbocycles. The molecule has 12 heteroatoms. The Kier molecular flexibility index (Phi) is 10.5. The van der Waals surface area contributed by atoms with Gasteiger partial charge in [-0.05, 0) is 89.4 Å². The highest BCUT2D eigenvalue weighted by molar-refractivity contribution is 8.00. The zero-order valence-corrected chi connectivity index (χ0v) is 28.7. The van der Waals surface area contributed by atoms with E-state index in [4.69, 9.17) is 14.7 Å². The number of fused-ring (bicyclic) bond motifs is 6. The van der Waals surface area contributed by atoms with Gasteiger partial charge in [-0.15, -0.1) is 5.10 Å². The zero-order valence-electron chi connectivity index (χ0n) is 27.8. The molecule has 1 atom stereocenters. The van der Waals surface area contributed by atoms with Crippen molar-refractivity contribution < 1.29 is 17.9 Å².